The summed E-state index contributed by atoms with van der Waals surface area (Å²) in [5.41, 5.74) is 3.84. The lowest BCUT2D eigenvalue weighted by Crippen LogP contribution is -2.25. The van der Waals surface area contributed by atoms with Crippen LogP contribution in [0.4, 0.5) is 8.78 Å². The van der Waals surface area contributed by atoms with Gasteiger partial charge in [0.15, 0.2) is 0 Å². The van der Waals surface area contributed by atoms with Gasteiger partial charge in [-0.2, -0.15) is 10.2 Å². The first-order valence-electron chi connectivity index (χ1n) is 9.92. The highest BCUT2D eigenvalue weighted by molar-refractivity contribution is 5.68. The van der Waals surface area contributed by atoms with Crippen molar-refractivity contribution in [3.63, 3.8) is 0 Å². The summed E-state index contributed by atoms with van der Waals surface area (Å²) in [6.45, 7) is 7.10. The minimum absolute atomic E-state index is 0.0477. The molecule has 0 radical (unpaired) electrons. The molecule has 0 spiro atoms. The average molecular weight is 397 g/mol. The highest BCUT2D eigenvalue weighted by Crippen LogP contribution is 2.29. The number of benzene rings is 2. The molecule has 0 aliphatic carbocycles. The maximum Gasteiger partial charge on any atom is 0.132 e. The second-order valence-corrected chi connectivity index (χ2v) is 7.97. The number of fused-ring (bicyclic) bond motifs is 1. The van der Waals surface area contributed by atoms with Crippen LogP contribution in [-0.4, -0.2) is 37.2 Å². The van der Waals surface area contributed by atoms with Crippen LogP contribution >= 0.6 is 0 Å². The highest BCUT2D eigenvalue weighted by atomic mass is 19.1. The Morgan fingerprint density at radius 1 is 1.07 bits per heavy atom. The molecule has 152 valence electrons. The van der Waals surface area contributed by atoms with Gasteiger partial charge < -0.3 is 4.74 Å². The van der Waals surface area contributed by atoms with E-state index >= 15 is 0 Å². The smallest absolute Gasteiger partial charge is 0.132 e. The van der Waals surface area contributed by atoms with Crippen molar-refractivity contribution in [1.82, 2.24) is 4.90 Å². The van der Waals surface area contributed by atoms with Crippen LogP contribution in [0.25, 0.3) is 5.70 Å². The lowest BCUT2D eigenvalue weighted by molar-refractivity contribution is 0.0514. The molecule has 2 atom stereocenters. The van der Waals surface area contributed by atoms with Crippen LogP contribution in [0.5, 0.6) is 0 Å². The molecule has 0 N–H and O–H groups in total. The van der Waals surface area contributed by atoms with Gasteiger partial charge in [-0.25, -0.2) is 8.78 Å². The van der Waals surface area contributed by atoms with Gasteiger partial charge in [0.2, 0.25) is 0 Å². The van der Waals surface area contributed by atoms with Gasteiger partial charge >= 0.3 is 0 Å². The van der Waals surface area contributed by atoms with Crippen molar-refractivity contribution in [1.29, 1.82) is 0 Å². The summed E-state index contributed by atoms with van der Waals surface area (Å²) in [4.78, 5) is 2.30. The predicted octanol–water partition coefficient (Wildman–Crippen LogP) is 4.99. The molecular weight excluding hydrogens is 372 g/mol. The maximum absolute atomic E-state index is 14.5. The topological polar surface area (TPSA) is 37.2 Å². The number of nitrogens with zero attached hydrogens (tertiary/aromatic N) is 3. The number of halogens is 2. The first-order chi connectivity index (χ1) is 14.0. The summed E-state index contributed by atoms with van der Waals surface area (Å²) in [6, 6.07) is 11.8. The second kappa shape index (κ2) is 8.51. The number of hydrogen-bond donors (Lipinski definition) is 0. The Hall–Kier alpha value is -2.44. The number of likely N-dealkylation sites (tertiary alicyclic amines) is 1. The maximum atomic E-state index is 14.5. The normalized spacial score (nSPS) is 25.4. The van der Waals surface area contributed by atoms with E-state index in [9.17, 15) is 8.78 Å². The molecule has 0 unspecified atom stereocenters. The summed E-state index contributed by atoms with van der Waals surface area (Å²) in [5.74, 6) is -0.280. The Morgan fingerprint density at radius 3 is 2.62 bits per heavy atom. The third-order valence-electron chi connectivity index (χ3n) is 5.56. The fourth-order valence-electron chi connectivity index (χ4n) is 3.97. The first kappa shape index (κ1) is 19.9. The van der Waals surface area contributed by atoms with Gasteiger partial charge in [0, 0.05) is 31.1 Å². The van der Waals surface area contributed by atoms with Crippen LogP contribution in [0.2, 0.25) is 0 Å². The van der Waals surface area contributed by atoms with Crippen molar-refractivity contribution in [2.24, 2.45) is 16.1 Å². The molecule has 2 aromatic rings. The zero-order valence-electron chi connectivity index (χ0n) is 16.7. The van der Waals surface area contributed by atoms with Gasteiger partial charge in [0.1, 0.15) is 11.6 Å². The van der Waals surface area contributed by atoms with E-state index < -0.39 is 0 Å². The zero-order valence-corrected chi connectivity index (χ0v) is 16.7. The molecule has 4 nitrogen and oxygen atoms in total. The van der Waals surface area contributed by atoms with E-state index in [4.69, 9.17) is 4.74 Å². The first-order valence-corrected chi connectivity index (χ1v) is 9.92. The Morgan fingerprint density at radius 2 is 1.86 bits per heavy atom. The molecule has 6 heteroatoms. The number of aryl methyl sites for hydroxylation is 1. The van der Waals surface area contributed by atoms with E-state index in [2.05, 4.69) is 15.1 Å². The van der Waals surface area contributed by atoms with Crippen LogP contribution in [0.3, 0.4) is 0 Å². The summed E-state index contributed by atoms with van der Waals surface area (Å²) in [5, 5.41) is 8.79. The van der Waals surface area contributed by atoms with Gasteiger partial charge in [-0.05, 0) is 54.8 Å². The van der Waals surface area contributed by atoms with E-state index in [-0.39, 0.29) is 23.7 Å². The zero-order chi connectivity index (χ0) is 20.4. The van der Waals surface area contributed by atoms with E-state index in [1.807, 2.05) is 32.0 Å². The molecule has 2 aliphatic rings. The van der Waals surface area contributed by atoms with Crippen LogP contribution in [0.15, 0.2) is 58.3 Å². The SMILES string of the molecule is C/C1=C(/c2ccc(C)cc2F)N=NC[C@H]2CN(Cc3ccc(F)cc3)C[C@@H]2OC1. The molecule has 2 aliphatic heterocycles. The molecule has 29 heavy (non-hydrogen) atoms. The molecule has 2 heterocycles. The van der Waals surface area contributed by atoms with Crippen LogP contribution < -0.4 is 0 Å². The van der Waals surface area contributed by atoms with Crippen molar-refractivity contribution in [3.8, 4) is 0 Å². The van der Waals surface area contributed by atoms with Crippen LogP contribution in [-0.2, 0) is 11.3 Å². The summed E-state index contributed by atoms with van der Waals surface area (Å²) in [7, 11) is 0. The van der Waals surface area contributed by atoms with Crippen molar-refractivity contribution >= 4 is 5.70 Å². The van der Waals surface area contributed by atoms with Crippen molar-refractivity contribution in [2.75, 3.05) is 26.2 Å². The van der Waals surface area contributed by atoms with Gasteiger partial charge in [-0.1, -0.05) is 18.2 Å². The Labute approximate surface area is 169 Å². The molecule has 4 rings (SSSR count). The number of rotatable bonds is 3. The molecule has 0 amide bonds. The van der Waals surface area contributed by atoms with Gasteiger partial charge in [-0.3, -0.25) is 4.90 Å². The molecule has 1 fully saturated rings. The van der Waals surface area contributed by atoms with Crippen molar-refractivity contribution in [3.05, 3.63) is 76.4 Å². The number of hydrogen-bond acceptors (Lipinski definition) is 4. The quantitative estimate of drug-likeness (QED) is 0.732. The van der Waals surface area contributed by atoms with Crippen LogP contribution in [0.1, 0.15) is 23.6 Å². The van der Waals surface area contributed by atoms with Gasteiger partial charge in [0.25, 0.3) is 0 Å². The highest BCUT2D eigenvalue weighted by Gasteiger charge is 2.34. The summed E-state index contributed by atoms with van der Waals surface area (Å²) >= 11 is 0. The Kier molecular flexibility index (Phi) is 5.83. The minimum atomic E-state index is -0.289. The third kappa shape index (κ3) is 4.60. The number of ether oxygens (including phenoxy) is 1. The second-order valence-electron chi connectivity index (χ2n) is 7.97. The van der Waals surface area contributed by atoms with Crippen molar-refractivity contribution < 1.29 is 13.5 Å². The Balaban J connectivity index is 1.47. The molecule has 0 bridgehead atoms. The van der Waals surface area contributed by atoms with Crippen molar-refractivity contribution in [2.45, 2.75) is 26.5 Å². The standard InChI is InChI=1S/C23H25F2N3O/c1-15-3-8-20(21(25)9-15)23-16(2)14-29-22-13-28(12-18(22)10-26-27-23)11-17-4-6-19(24)7-5-17/h3-9,18,22H,10-14H2,1-2H3/b23-16+,27-26?/t18-,22-/m0/s1. The predicted molar refractivity (Wildman–Crippen MR) is 108 cm³/mol. The molecule has 1 saturated heterocycles. The largest absolute Gasteiger partial charge is 0.372 e. The fraction of sp³-hybridized carbons (Fsp3) is 0.391. The summed E-state index contributed by atoms with van der Waals surface area (Å²) < 4.78 is 33.8. The average Bonchev–Trinajstić information content (AvgIpc) is 3.09. The number of azo groups is 1. The van der Waals surface area contributed by atoms with Gasteiger partial charge in [0.05, 0.1) is 25.0 Å². The van der Waals surface area contributed by atoms with E-state index in [1.54, 1.807) is 6.07 Å². The van der Waals surface area contributed by atoms with Gasteiger partial charge in [-0.15, -0.1) is 0 Å². The Bertz CT molecular complexity index is 940. The van der Waals surface area contributed by atoms with E-state index in [0.717, 1.165) is 36.3 Å². The van der Waals surface area contributed by atoms with Crippen LogP contribution in [0, 0.1) is 24.5 Å². The summed E-state index contributed by atoms with van der Waals surface area (Å²) in [6.07, 6.45) is 0.0477. The fourth-order valence-corrected chi connectivity index (χ4v) is 3.97. The lowest BCUT2D eigenvalue weighted by atomic mass is 10.1. The lowest BCUT2D eigenvalue weighted by Gasteiger charge is -2.17. The van der Waals surface area contributed by atoms with E-state index in [1.165, 1.54) is 18.2 Å². The third-order valence-corrected chi connectivity index (χ3v) is 5.56. The molecular formula is C23H25F2N3O. The molecule has 0 aromatic heterocycles. The molecule has 2 aromatic carbocycles. The van der Waals surface area contributed by atoms with E-state index in [0.29, 0.717) is 24.4 Å². The molecule has 0 saturated carbocycles. The monoisotopic (exact) mass is 397 g/mol. The minimum Gasteiger partial charge on any atom is -0.372 e.